The van der Waals surface area contributed by atoms with Gasteiger partial charge in [-0.25, -0.2) is 4.98 Å². The van der Waals surface area contributed by atoms with Crippen LogP contribution in [-0.2, 0) is 14.3 Å². The number of pyridine rings is 1. The summed E-state index contributed by atoms with van der Waals surface area (Å²) in [5, 5.41) is 2.79. The molecular formula is C23H24N6O3. The predicted molar refractivity (Wildman–Crippen MR) is 122 cm³/mol. The number of anilines is 1. The van der Waals surface area contributed by atoms with Crippen LogP contribution in [-0.4, -0.2) is 65.2 Å². The van der Waals surface area contributed by atoms with Crippen LogP contribution in [0.1, 0.15) is 0 Å². The summed E-state index contributed by atoms with van der Waals surface area (Å²) in [6.45, 7) is 1.78. The molecule has 2 amide bonds. The van der Waals surface area contributed by atoms with E-state index in [1.54, 1.807) is 17.0 Å². The molecule has 3 aromatic rings. The summed E-state index contributed by atoms with van der Waals surface area (Å²) < 4.78 is 7.15. The van der Waals surface area contributed by atoms with Crippen molar-refractivity contribution in [3.05, 3.63) is 66.6 Å². The summed E-state index contributed by atoms with van der Waals surface area (Å²) in [7, 11) is 1.45. The van der Waals surface area contributed by atoms with E-state index in [9.17, 15) is 9.59 Å². The lowest BCUT2D eigenvalue weighted by molar-refractivity contribution is -0.130. The van der Waals surface area contributed by atoms with Gasteiger partial charge in [-0.1, -0.05) is 30.3 Å². The zero-order chi connectivity index (χ0) is 22.5. The minimum absolute atomic E-state index is 0.0304. The third-order valence-electron chi connectivity index (χ3n) is 5.18. The Morgan fingerprint density at radius 1 is 1.19 bits per heavy atom. The molecule has 0 atom stereocenters. The highest BCUT2D eigenvalue weighted by molar-refractivity contribution is 6.53. The Labute approximate surface area is 185 Å². The number of hydrogen-bond acceptors (Lipinski definition) is 6. The van der Waals surface area contributed by atoms with Crippen molar-refractivity contribution < 1.29 is 14.3 Å². The van der Waals surface area contributed by atoms with Crippen molar-refractivity contribution in [3.8, 4) is 11.3 Å². The topological polar surface area (TPSA) is 114 Å². The van der Waals surface area contributed by atoms with Gasteiger partial charge in [-0.3, -0.25) is 14.6 Å². The van der Waals surface area contributed by atoms with Gasteiger partial charge in [-0.2, -0.15) is 0 Å². The number of fused-ring (bicyclic) bond motifs is 1. The lowest BCUT2D eigenvalue weighted by atomic mass is 10.1. The molecular weight excluding hydrogens is 408 g/mol. The molecule has 4 rings (SSSR count). The monoisotopic (exact) mass is 432 g/mol. The molecule has 0 spiro atoms. The largest absolute Gasteiger partial charge is 0.404 e. The van der Waals surface area contributed by atoms with E-state index >= 15 is 0 Å². The molecule has 1 aliphatic rings. The van der Waals surface area contributed by atoms with Crippen LogP contribution in [0.3, 0.4) is 0 Å². The Balaban J connectivity index is 1.53. The van der Waals surface area contributed by atoms with Gasteiger partial charge in [-0.05, 0) is 6.07 Å². The van der Waals surface area contributed by atoms with Crippen LogP contribution in [0.5, 0.6) is 0 Å². The summed E-state index contributed by atoms with van der Waals surface area (Å²) in [6, 6.07) is 13.3. The number of amides is 2. The molecule has 32 heavy (non-hydrogen) atoms. The highest BCUT2D eigenvalue weighted by atomic mass is 16.5. The number of morpholine rings is 1. The van der Waals surface area contributed by atoms with Crippen molar-refractivity contribution in [2.75, 3.05) is 38.7 Å². The molecule has 2 aromatic heterocycles. The minimum atomic E-state index is -0.523. The van der Waals surface area contributed by atoms with Crippen molar-refractivity contribution in [1.82, 2.24) is 14.3 Å². The summed E-state index contributed by atoms with van der Waals surface area (Å²) in [6.07, 6.45) is 4.86. The van der Waals surface area contributed by atoms with Crippen molar-refractivity contribution in [2.45, 2.75) is 0 Å². The highest BCUT2D eigenvalue weighted by Gasteiger charge is 2.27. The van der Waals surface area contributed by atoms with E-state index in [0.29, 0.717) is 37.6 Å². The highest BCUT2D eigenvalue weighted by Crippen LogP contribution is 2.20. The molecule has 1 saturated heterocycles. The van der Waals surface area contributed by atoms with Gasteiger partial charge >= 0.3 is 0 Å². The Bertz CT molecular complexity index is 1190. The van der Waals surface area contributed by atoms with Gasteiger partial charge in [0.05, 0.1) is 24.5 Å². The number of benzene rings is 1. The van der Waals surface area contributed by atoms with Gasteiger partial charge in [0.1, 0.15) is 11.4 Å². The van der Waals surface area contributed by atoms with Gasteiger partial charge < -0.3 is 25.1 Å². The number of nitrogens with zero attached hydrogens (tertiary/aromatic N) is 4. The van der Waals surface area contributed by atoms with E-state index < -0.39 is 5.91 Å². The molecule has 0 bridgehead atoms. The number of carbonyl (C=O) groups excluding carboxylic acids is 2. The Morgan fingerprint density at radius 3 is 2.62 bits per heavy atom. The number of hydrogen-bond donors (Lipinski definition) is 2. The molecule has 3 heterocycles. The number of nitrogens with two attached hydrogens (primary N) is 1. The lowest BCUT2D eigenvalue weighted by Crippen LogP contribution is -2.44. The van der Waals surface area contributed by atoms with Crippen LogP contribution in [0.25, 0.3) is 16.9 Å². The second-order valence-electron chi connectivity index (χ2n) is 7.18. The fourth-order valence-electron chi connectivity index (χ4n) is 3.53. The van der Waals surface area contributed by atoms with Gasteiger partial charge in [0.15, 0.2) is 0 Å². The van der Waals surface area contributed by atoms with Gasteiger partial charge in [-0.15, -0.1) is 0 Å². The second kappa shape index (κ2) is 9.44. The van der Waals surface area contributed by atoms with Crippen molar-refractivity contribution >= 4 is 28.9 Å². The predicted octanol–water partition coefficient (Wildman–Crippen LogP) is 1.71. The first-order valence-corrected chi connectivity index (χ1v) is 10.2. The lowest BCUT2D eigenvalue weighted by Gasteiger charge is -2.27. The molecule has 3 N–H and O–H groups in total. The SMILES string of the molecule is CN=C(C(=O)Nc1ccn2cc(-c3ccccc3)nc2c1)C(=CN)C(=O)N1CCOCC1. The fraction of sp³-hybridized carbons (Fsp3) is 0.217. The zero-order valence-electron chi connectivity index (χ0n) is 17.7. The molecule has 0 saturated carbocycles. The van der Waals surface area contributed by atoms with Crippen LogP contribution in [0.2, 0.25) is 0 Å². The Hall–Kier alpha value is -3.98. The number of nitrogens with one attached hydrogen (secondary N) is 1. The smallest absolute Gasteiger partial charge is 0.274 e. The summed E-state index contributed by atoms with van der Waals surface area (Å²) in [4.78, 5) is 36.0. The first-order chi connectivity index (χ1) is 15.6. The Kier molecular flexibility index (Phi) is 6.27. The van der Waals surface area contributed by atoms with Crippen molar-refractivity contribution in [2.24, 2.45) is 10.7 Å². The maximum atomic E-state index is 12.9. The van der Waals surface area contributed by atoms with E-state index in [-0.39, 0.29) is 17.2 Å². The summed E-state index contributed by atoms with van der Waals surface area (Å²) in [5.74, 6) is -0.868. The van der Waals surface area contributed by atoms with Crippen LogP contribution in [0.15, 0.2) is 71.6 Å². The fourth-order valence-corrected chi connectivity index (χ4v) is 3.53. The maximum absolute atomic E-state index is 12.9. The number of ether oxygens (including phenoxy) is 1. The molecule has 9 nitrogen and oxygen atoms in total. The second-order valence-corrected chi connectivity index (χ2v) is 7.18. The van der Waals surface area contributed by atoms with E-state index in [1.165, 1.54) is 7.05 Å². The standard InChI is InChI=1S/C23H24N6O3/c1-25-21(18(14-24)23(31)28-9-11-32-12-10-28)22(30)26-17-7-8-29-15-19(27-20(29)13-17)16-5-3-2-4-6-16/h2-8,13-15H,9-12,24H2,1H3,(H,26,30). The molecule has 164 valence electrons. The molecule has 0 unspecified atom stereocenters. The molecule has 9 heteroatoms. The maximum Gasteiger partial charge on any atom is 0.274 e. The van der Waals surface area contributed by atoms with Crippen molar-refractivity contribution in [1.29, 1.82) is 0 Å². The molecule has 1 fully saturated rings. The van der Waals surface area contributed by atoms with Crippen LogP contribution < -0.4 is 11.1 Å². The number of carbonyl (C=O) groups is 2. The van der Waals surface area contributed by atoms with Gasteiger partial charge in [0.25, 0.3) is 11.8 Å². The average Bonchev–Trinajstić information content (AvgIpc) is 3.26. The summed E-state index contributed by atoms with van der Waals surface area (Å²) in [5.41, 5.74) is 8.77. The van der Waals surface area contributed by atoms with E-state index in [1.807, 2.05) is 47.1 Å². The molecule has 1 aliphatic heterocycles. The van der Waals surface area contributed by atoms with Gasteiger partial charge in [0, 0.05) is 56.0 Å². The van der Waals surface area contributed by atoms with Crippen LogP contribution in [0.4, 0.5) is 5.69 Å². The van der Waals surface area contributed by atoms with Gasteiger partial charge in [0.2, 0.25) is 0 Å². The van der Waals surface area contributed by atoms with E-state index in [4.69, 9.17) is 10.5 Å². The first kappa shape index (κ1) is 21.3. The molecule has 0 aliphatic carbocycles. The summed E-state index contributed by atoms with van der Waals surface area (Å²) >= 11 is 0. The van der Waals surface area contributed by atoms with Crippen LogP contribution >= 0.6 is 0 Å². The quantitative estimate of drug-likeness (QED) is 0.471. The minimum Gasteiger partial charge on any atom is -0.404 e. The first-order valence-electron chi connectivity index (χ1n) is 10.2. The van der Waals surface area contributed by atoms with Crippen LogP contribution in [0, 0.1) is 0 Å². The third kappa shape index (κ3) is 4.37. The van der Waals surface area contributed by atoms with Crippen molar-refractivity contribution in [3.63, 3.8) is 0 Å². The zero-order valence-corrected chi connectivity index (χ0v) is 17.7. The average molecular weight is 432 g/mol. The molecule has 0 radical (unpaired) electrons. The molecule has 1 aromatic carbocycles. The van der Waals surface area contributed by atoms with E-state index in [2.05, 4.69) is 15.3 Å². The number of rotatable bonds is 5. The normalized spacial score (nSPS) is 15.1. The van der Waals surface area contributed by atoms with E-state index in [0.717, 1.165) is 17.5 Å². The Morgan fingerprint density at radius 2 is 1.94 bits per heavy atom. The number of aromatic nitrogens is 2. The third-order valence-corrected chi connectivity index (χ3v) is 5.18. The number of aliphatic imine (C=N–C) groups is 1. The number of imidazole rings is 1.